The van der Waals surface area contributed by atoms with Gasteiger partial charge < -0.3 is 10.6 Å². The van der Waals surface area contributed by atoms with E-state index in [-0.39, 0.29) is 24.8 Å². The molecule has 2 amide bonds. The number of nitrogens with one attached hydrogen (secondary N) is 2. The van der Waals surface area contributed by atoms with Gasteiger partial charge in [0.05, 0.1) is 13.0 Å². The first-order chi connectivity index (χ1) is 12.5. The molecule has 0 saturated carbocycles. The molecular formula is C21H19ClN2O2. The van der Waals surface area contributed by atoms with Gasteiger partial charge in [0.1, 0.15) is 0 Å². The van der Waals surface area contributed by atoms with Crippen molar-refractivity contribution in [3.63, 3.8) is 0 Å². The summed E-state index contributed by atoms with van der Waals surface area (Å²) in [5.74, 6) is -0.485. The number of halogens is 1. The van der Waals surface area contributed by atoms with Crippen molar-refractivity contribution in [2.45, 2.75) is 13.3 Å². The van der Waals surface area contributed by atoms with E-state index in [0.717, 1.165) is 21.9 Å². The van der Waals surface area contributed by atoms with Crippen LogP contribution in [-0.2, 0) is 16.0 Å². The SMILES string of the molecule is Cc1c(Cl)cccc1NC(=O)CNC(=O)Cc1cccc2ccccc12. The van der Waals surface area contributed by atoms with E-state index in [1.807, 2.05) is 49.4 Å². The lowest BCUT2D eigenvalue weighted by atomic mass is 10.0. The van der Waals surface area contributed by atoms with E-state index < -0.39 is 0 Å². The molecular weight excluding hydrogens is 348 g/mol. The molecule has 0 heterocycles. The zero-order valence-corrected chi connectivity index (χ0v) is 15.1. The second-order valence-corrected chi connectivity index (χ2v) is 6.46. The Morgan fingerprint density at radius 2 is 1.65 bits per heavy atom. The minimum Gasteiger partial charge on any atom is -0.347 e. The Morgan fingerprint density at radius 1 is 0.923 bits per heavy atom. The van der Waals surface area contributed by atoms with Crippen molar-refractivity contribution >= 4 is 39.9 Å². The summed E-state index contributed by atoms with van der Waals surface area (Å²) in [7, 11) is 0. The molecule has 3 aromatic rings. The Morgan fingerprint density at radius 3 is 2.50 bits per heavy atom. The smallest absolute Gasteiger partial charge is 0.243 e. The average molecular weight is 367 g/mol. The molecule has 4 nitrogen and oxygen atoms in total. The van der Waals surface area contributed by atoms with Crippen molar-refractivity contribution in [1.29, 1.82) is 0 Å². The molecule has 0 atom stereocenters. The summed E-state index contributed by atoms with van der Waals surface area (Å²) in [5.41, 5.74) is 2.38. The highest BCUT2D eigenvalue weighted by Crippen LogP contribution is 2.22. The van der Waals surface area contributed by atoms with Gasteiger partial charge in [-0.2, -0.15) is 0 Å². The Bertz CT molecular complexity index is 964. The zero-order valence-electron chi connectivity index (χ0n) is 14.4. The van der Waals surface area contributed by atoms with Crippen LogP contribution in [0.2, 0.25) is 5.02 Å². The van der Waals surface area contributed by atoms with Crippen LogP contribution < -0.4 is 10.6 Å². The van der Waals surface area contributed by atoms with Gasteiger partial charge in [-0.3, -0.25) is 9.59 Å². The highest BCUT2D eigenvalue weighted by atomic mass is 35.5. The molecule has 132 valence electrons. The molecule has 0 radical (unpaired) electrons. The molecule has 26 heavy (non-hydrogen) atoms. The molecule has 3 aromatic carbocycles. The first-order valence-electron chi connectivity index (χ1n) is 8.33. The highest BCUT2D eigenvalue weighted by molar-refractivity contribution is 6.31. The second kappa shape index (κ2) is 8.02. The minimum atomic E-state index is -0.290. The number of carbonyl (C=O) groups is 2. The van der Waals surface area contributed by atoms with E-state index in [9.17, 15) is 9.59 Å². The van der Waals surface area contributed by atoms with Crippen molar-refractivity contribution in [1.82, 2.24) is 5.32 Å². The summed E-state index contributed by atoms with van der Waals surface area (Å²) >= 11 is 6.04. The van der Waals surface area contributed by atoms with Crippen LogP contribution in [0.15, 0.2) is 60.7 Å². The van der Waals surface area contributed by atoms with E-state index >= 15 is 0 Å². The number of hydrogen-bond donors (Lipinski definition) is 2. The summed E-state index contributed by atoms with van der Waals surface area (Å²) in [5, 5.41) is 8.15. The Labute approximate surface area is 157 Å². The molecule has 5 heteroatoms. The number of fused-ring (bicyclic) bond motifs is 1. The van der Waals surface area contributed by atoms with Crippen LogP contribution >= 0.6 is 11.6 Å². The van der Waals surface area contributed by atoms with Gasteiger partial charge in [0.2, 0.25) is 11.8 Å². The lowest BCUT2D eigenvalue weighted by molar-refractivity contribution is -0.123. The van der Waals surface area contributed by atoms with Crippen LogP contribution in [0.25, 0.3) is 10.8 Å². The molecule has 0 spiro atoms. The predicted molar refractivity (Wildman–Crippen MR) is 105 cm³/mol. The molecule has 0 fully saturated rings. The third kappa shape index (κ3) is 4.21. The van der Waals surface area contributed by atoms with Crippen molar-refractivity contribution in [2.24, 2.45) is 0 Å². The van der Waals surface area contributed by atoms with Gasteiger partial charge in [0.15, 0.2) is 0 Å². The second-order valence-electron chi connectivity index (χ2n) is 6.05. The van der Waals surface area contributed by atoms with Gasteiger partial charge in [0.25, 0.3) is 0 Å². The number of amides is 2. The van der Waals surface area contributed by atoms with Gasteiger partial charge in [-0.1, -0.05) is 60.1 Å². The third-order valence-corrected chi connectivity index (χ3v) is 4.63. The summed E-state index contributed by atoms with van der Waals surface area (Å²) in [6.07, 6.45) is 0.227. The molecule has 0 unspecified atom stereocenters. The van der Waals surface area contributed by atoms with Gasteiger partial charge in [-0.15, -0.1) is 0 Å². The molecule has 0 aromatic heterocycles. The normalized spacial score (nSPS) is 10.5. The largest absolute Gasteiger partial charge is 0.347 e. The topological polar surface area (TPSA) is 58.2 Å². The molecule has 0 bridgehead atoms. The van der Waals surface area contributed by atoms with Crippen molar-refractivity contribution in [2.75, 3.05) is 11.9 Å². The van der Waals surface area contributed by atoms with Crippen LogP contribution in [0.4, 0.5) is 5.69 Å². The summed E-state index contributed by atoms with van der Waals surface area (Å²) in [6.45, 7) is 1.74. The van der Waals surface area contributed by atoms with Crippen LogP contribution in [-0.4, -0.2) is 18.4 Å². The maximum Gasteiger partial charge on any atom is 0.243 e. The number of anilines is 1. The van der Waals surface area contributed by atoms with E-state index in [0.29, 0.717) is 10.7 Å². The number of hydrogen-bond acceptors (Lipinski definition) is 2. The lowest BCUT2D eigenvalue weighted by Crippen LogP contribution is -2.33. The highest BCUT2D eigenvalue weighted by Gasteiger charge is 2.10. The quantitative estimate of drug-likeness (QED) is 0.714. The first kappa shape index (κ1) is 18.0. The van der Waals surface area contributed by atoms with Crippen molar-refractivity contribution in [3.8, 4) is 0 Å². The molecule has 0 aliphatic rings. The number of benzene rings is 3. The average Bonchev–Trinajstić information content (AvgIpc) is 2.64. The van der Waals surface area contributed by atoms with Crippen LogP contribution in [0.3, 0.4) is 0 Å². The molecule has 0 aliphatic heterocycles. The molecule has 3 rings (SSSR count). The Balaban J connectivity index is 1.58. The van der Waals surface area contributed by atoms with Gasteiger partial charge in [-0.25, -0.2) is 0 Å². The van der Waals surface area contributed by atoms with E-state index in [2.05, 4.69) is 10.6 Å². The Hall–Kier alpha value is -2.85. The maximum atomic E-state index is 12.2. The molecule has 0 saturated heterocycles. The van der Waals surface area contributed by atoms with Crippen LogP contribution in [0.5, 0.6) is 0 Å². The van der Waals surface area contributed by atoms with Crippen molar-refractivity contribution < 1.29 is 9.59 Å². The number of rotatable bonds is 5. The minimum absolute atomic E-state index is 0.0877. The molecule has 0 aliphatic carbocycles. The summed E-state index contributed by atoms with van der Waals surface area (Å²) in [4.78, 5) is 24.3. The van der Waals surface area contributed by atoms with Gasteiger partial charge in [-0.05, 0) is 41.0 Å². The standard InChI is InChI=1S/C21H19ClN2O2/c1-14-18(22)10-5-11-19(14)24-21(26)13-23-20(25)12-16-8-4-7-15-6-2-3-9-17(15)16/h2-11H,12-13H2,1H3,(H,23,25)(H,24,26). The van der Waals surface area contributed by atoms with E-state index in [1.54, 1.807) is 18.2 Å². The molecule has 2 N–H and O–H groups in total. The summed E-state index contributed by atoms with van der Waals surface area (Å²) < 4.78 is 0. The Kier molecular flexibility index (Phi) is 5.54. The maximum absolute atomic E-state index is 12.2. The van der Waals surface area contributed by atoms with E-state index in [4.69, 9.17) is 11.6 Å². The van der Waals surface area contributed by atoms with Crippen molar-refractivity contribution in [3.05, 3.63) is 76.8 Å². The van der Waals surface area contributed by atoms with Gasteiger partial charge in [0, 0.05) is 10.7 Å². The fourth-order valence-corrected chi connectivity index (χ4v) is 2.97. The predicted octanol–water partition coefficient (Wildman–Crippen LogP) is 4.10. The fourth-order valence-electron chi connectivity index (χ4n) is 2.80. The van der Waals surface area contributed by atoms with Crippen LogP contribution in [0.1, 0.15) is 11.1 Å². The van der Waals surface area contributed by atoms with Crippen LogP contribution in [0, 0.1) is 6.92 Å². The lowest BCUT2D eigenvalue weighted by Gasteiger charge is -2.11. The third-order valence-electron chi connectivity index (χ3n) is 4.22. The fraction of sp³-hybridized carbons (Fsp3) is 0.143. The summed E-state index contributed by atoms with van der Waals surface area (Å²) in [6, 6.07) is 19.1. The first-order valence-corrected chi connectivity index (χ1v) is 8.70. The number of carbonyl (C=O) groups excluding carboxylic acids is 2. The monoisotopic (exact) mass is 366 g/mol. The zero-order chi connectivity index (χ0) is 18.5. The van der Waals surface area contributed by atoms with Gasteiger partial charge >= 0.3 is 0 Å². The van der Waals surface area contributed by atoms with E-state index in [1.165, 1.54) is 0 Å².